The molecule has 0 bridgehead atoms. The lowest BCUT2D eigenvalue weighted by Crippen LogP contribution is -2.04. The van der Waals surface area contributed by atoms with E-state index < -0.39 is 0 Å². The molecule has 0 aromatic heterocycles. The van der Waals surface area contributed by atoms with Gasteiger partial charge in [-0.2, -0.15) is 0 Å². The lowest BCUT2D eigenvalue weighted by atomic mass is 10.1. The SMILES string of the molecule is NC1CCc2cc(Br)ccc21.[N-]=[N+]=NC1CCc2cc(Br)ccc21. The average Bonchev–Trinajstić information content (AvgIpc) is 3.12. The van der Waals surface area contributed by atoms with Crippen LogP contribution in [0, 0.1) is 0 Å². The Morgan fingerprint density at radius 1 is 0.958 bits per heavy atom. The zero-order valence-corrected chi connectivity index (χ0v) is 16.3. The van der Waals surface area contributed by atoms with Gasteiger partial charge in [-0.3, -0.25) is 0 Å². The van der Waals surface area contributed by atoms with Crippen molar-refractivity contribution in [3.63, 3.8) is 0 Å². The number of nitrogens with two attached hydrogens (primary N) is 1. The molecule has 0 spiro atoms. The third-order valence-electron chi connectivity index (χ3n) is 4.57. The molecule has 0 aliphatic heterocycles. The zero-order valence-electron chi connectivity index (χ0n) is 13.1. The number of aryl methyl sites for hydroxylation is 2. The van der Waals surface area contributed by atoms with E-state index >= 15 is 0 Å². The molecule has 4 rings (SSSR count). The van der Waals surface area contributed by atoms with Gasteiger partial charge in [0.25, 0.3) is 0 Å². The van der Waals surface area contributed by atoms with E-state index in [1.54, 1.807) is 0 Å². The number of hydrogen-bond acceptors (Lipinski definition) is 2. The number of benzene rings is 2. The first-order valence-electron chi connectivity index (χ1n) is 7.95. The summed E-state index contributed by atoms with van der Waals surface area (Å²) in [6.07, 6.45) is 4.19. The van der Waals surface area contributed by atoms with E-state index in [0.29, 0.717) is 0 Å². The number of nitrogens with zero attached hydrogens (tertiary/aromatic N) is 3. The summed E-state index contributed by atoms with van der Waals surface area (Å²) in [5.74, 6) is 0. The maximum atomic E-state index is 8.36. The van der Waals surface area contributed by atoms with Crippen LogP contribution in [0.4, 0.5) is 0 Å². The molecule has 2 atom stereocenters. The summed E-state index contributed by atoms with van der Waals surface area (Å²) in [6.45, 7) is 0. The van der Waals surface area contributed by atoms with E-state index in [2.05, 4.69) is 66.2 Å². The molecule has 0 radical (unpaired) electrons. The number of hydrogen-bond donors (Lipinski definition) is 1. The maximum Gasteiger partial charge on any atom is 0.0631 e. The fraction of sp³-hybridized carbons (Fsp3) is 0.333. The van der Waals surface area contributed by atoms with Crippen molar-refractivity contribution in [2.24, 2.45) is 10.8 Å². The Balaban J connectivity index is 0.000000143. The quantitative estimate of drug-likeness (QED) is 0.316. The van der Waals surface area contributed by atoms with Crippen molar-refractivity contribution >= 4 is 31.9 Å². The highest BCUT2D eigenvalue weighted by molar-refractivity contribution is 9.10. The van der Waals surface area contributed by atoms with Crippen LogP contribution in [0.5, 0.6) is 0 Å². The van der Waals surface area contributed by atoms with Gasteiger partial charge in [-0.05, 0) is 77.7 Å². The first kappa shape index (κ1) is 17.5. The van der Waals surface area contributed by atoms with Gasteiger partial charge < -0.3 is 5.73 Å². The van der Waals surface area contributed by atoms with Crippen molar-refractivity contribution in [1.29, 1.82) is 0 Å². The van der Waals surface area contributed by atoms with Gasteiger partial charge in [0.15, 0.2) is 0 Å². The van der Waals surface area contributed by atoms with E-state index in [4.69, 9.17) is 11.3 Å². The third kappa shape index (κ3) is 3.83. The second-order valence-corrected chi connectivity index (χ2v) is 7.92. The van der Waals surface area contributed by atoms with Crippen LogP contribution in [0.15, 0.2) is 50.5 Å². The Bertz CT molecular complexity index is 800. The summed E-state index contributed by atoms with van der Waals surface area (Å²) in [7, 11) is 0. The van der Waals surface area contributed by atoms with Crippen LogP contribution in [0.2, 0.25) is 0 Å². The Kier molecular flexibility index (Phi) is 5.61. The highest BCUT2D eigenvalue weighted by Crippen LogP contribution is 2.35. The summed E-state index contributed by atoms with van der Waals surface area (Å²) in [5, 5.41) is 3.76. The molecule has 2 aliphatic rings. The van der Waals surface area contributed by atoms with Crippen LogP contribution in [-0.2, 0) is 12.8 Å². The Morgan fingerprint density at radius 3 is 2.21 bits per heavy atom. The molecule has 4 nitrogen and oxygen atoms in total. The van der Waals surface area contributed by atoms with E-state index in [-0.39, 0.29) is 12.1 Å². The van der Waals surface area contributed by atoms with Crippen LogP contribution in [0.25, 0.3) is 10.4 Å². The van der Waals surface area contributed by atoms with Crippen LogP contribution >= 0.6 is 31.9 Å². The normalized spacial score (nSPS) is 20.5. The molecular formula is C18H18Br2N4. The molecule has 0 saturated heterocycles. The minimum Gasteiger partial charge on any atom is -0.324 e. The topological polar surface area (TPSA) is 74.8 Å². The monoisotopic (exact) mass is 448 g/mol. The van der Waals surface area contributed by atoms with Crippen LogP contribution in [-0.4, -0.2) is 0 Å². The molecule has 2 aromatic carbocycles. The van der Waals surface area contributed by atoms with E-state index in [0.717, 1.165) is 34.6 Å². The molecule has 2 N–H and O–H groups in total. The number of azide groups is 1. The van der Waals surface area contributed by atoms with Gasteiger partial charge >= 0.3 is 0 Å². The summed E-state index contributed by atoms with van der Waals surface area (Å²) >= 11 is 6.86. The standard InChI is InChI=1S/C9H8BrN3.C9H10BrN/c10-7-2-3-8-6(5-7)1-4-9(8)12-13-11;10-7-2-3-8-6(5-7)1-4-9(8)11/h2-3,5,9H,1,4H2;2-3,5,9H,1,4,11H2. The molecule has 6 heteroatoms. The number of halogens is 2. The van der Waals surface area contributed by atoms with Crippen molar-refractivity contribution < 1.29 is 0 Å². The second kappa shape index (κ2) is 7.70. The van der Waals surface area contributed by atoms with Gasteiger partial charge in [-0.1, -0.05) is 49.1 Å². The van der Waals surface area contributed by atoms with Gasteiger partial charge in [0.05, 0.1) is 6.04 Å². The first-order valence-corrected chi connectivity index (χ1v) is 9.53. The van der Waals surface area contributed by atoms with Gasteiger partial charge in [-0.15, -0.1) is 0 Å². The van der Waals surface area contributed by atoms with Gasteiger partial charge in [0.2, 0.25) is 0 Å². The van der Waals surface area contributed by atoms with Gasteiger partial charge in [0.1, 0.15) is 0 Å². The smallest absolute Gasteiger partial charge is 0.0631 e. The minimum absolute atomic E-state index is 0.0492. The van der Waals surface area contributed by atoms with Crippen LogP contribution in [0.1, 0.15) is 47.2 Å². The molecule has 0 saturated carbocycles. The first-order chi connectivity index (χ1) is 11.6. The van der Waals surface area contributed by atoms with E-state index in [1.807, 2.05) is 12.1 Å². The maximum absolute atomic E-state index is 8.36. The molecule has 2 aliphatic carbocycles. The summed E-state index contributed by atoms with van der Waals surface area (Å²) < 4.78 is 2.25. The molecule has 24 heavy (non-hydrogen) atoms. The number of rotatable bonds is 1. The fourth-order valence-electron chi connectivity index (χ4n) is 3.36. The van der Waals surface area contributed by atoms with Gasteiger partial charge in [-0.25, -0.2) is 0 Å². The molecule has 0 heterocycles. The van der Waals surface area contributed by atoms with E-state index in [1.165, 1.54) is 22.3 Å². The molecular weight excluding hydrogens is 432 g/mol. The highest BCUT2D eigenvalue weighted by Gasteiger charge is 2.20. The van der Waals surface area contributed by atoms with Crippen LogP contribution < -0.4 is 5.73 Å². The van der Waals surface area contributed by atoms with Crippen molar-refractivity contribution in [2.75, 3.05) is 0 Å². The number of fused-ring (bicyclic) bond motifs is 2. The van der Waals surface area contributed by atoms with E-state index in [9.17, 15) is 0 Å². The summed E-state index contributed by atoms with van der Waals surface area (Å²) in [4.78, 5) is 2.85. The minimum atomic E-state index is 0.0492. The van der Waals surface area contributed by atoms with Crippen molar-refractivity contribution in [2.45, 2.75) is 37.8 Å². The molecule has 124 valence electrons. The molecule has 0 amide bonds. The fourth-order valence-corrected chi connectivity index (χ4v) is 4.18. The second-order valence-electron chi connectivity index (χ2n) is 6.09. The zero-order chi connectivity index (χ0) is 17.1. The molecule has 2 unspecified atom stereocenters. The van der Waals surface area contributed by atoms with Crippen molar-refractivity contribution in [3.8, 4) is 0 Å². The predicted octanol–water partition coefficient (Wildman–Crippen LogP) is 6.14. The Labute approximate surface area is 158 Å². The summed E-state index contributed by atoms with van der Waals surface area (Å²) in [6, 6.07) is 12.8. The summed E-state index contributed by atoms with van der Waals surface area (Å²) in [5.41, 5.74) is 19.5. The lowest BCUT2D eigenvalue weighted by Gasteiger charge is -2.03. The predicted molar refractivity (Wildman–Crippen MR) is 104 cm³/mol. The van der Waals surface area contributed by atoms with Gasteiger partial charge in [0, 0.05) is 19.9 Å². The average molecular weight is 450 g/mol. The third-order valence-corrected chi connectivity index (χ3v) is 5.56. The molecule has 0 fully saturated rings. The van der Waals surface area contributed by atoms with Crippen LogP contribution in [0.3, 0.4) is 0 Å². The van der Waals surface area contributed by atoms with Crippen molar-refractivity contribution in [1.82, 2.24) is 0 Å². The Morgan fingerprint density at radius 2 is 1.54 bits per heavy atom. The Hall–Kier alpha value is -1.33. The largest absolute Gasteiger partial charge is 0.324 e. The highest BCUT2D eigenvalue weighted by atomic mass is 79.9. The van der Waals surface area contributed by atoms with Crippen molar-refractivity contribution in [3.05, 3.63) is 78.0 Å². The molecule has 2 aromatic rings. The lowest BCUT2D eigenvalue weighted by molar-refractivity contribution is 0.707.